The summed E-state index contributed by atoms with van der Waals surface area (Å²) in [6.07, 6.45) is 0. The van der Waals surface area contributed by atoms with E-state index in [2.05, 4.69) is 0 Å². The molecule has 0 saturated carbocycles. The molecule has 1 aromatic rings. The fourth-order valence-electron chi connectivity index (χ4n) is 2.29. The maximum absolute atomic E-state index is 11.2. The van der Waals surface area contributed by atoms with Crippen molar-refractivity contribution in [3.63, 3.8) is 0 Å². The molecule has 1 rings (SSSR count). The number of rotatable bonds is 11. The zero-order valence-corrected chi connectivity index (χ0v) is 13.5. The maximum atomic E-state index is 11.2. The van der Waals surface area contributed by atoms with Crippen molar-refractivity contribution in [3.8, 4) is 5.75 Å². The van der Waals surface area contributed by atoms with Gasteiger partial charge in [0.25, 0.3) is 0 Å². The van der Waals surface area contributed by atoms with Gasteiger partial charge in [0.1, 0.15) is 11.5 Å². The molecule has 3 N–H and O–H groups in total. The number of Topliss-reactive ketones (excluding diaryl/α,β-unsaturated/α-hetero) is 1. The average molecular weight is 338 g/mol. The standard InChI is InChI=1S/C16H22N2O6/c1-12(19)8-17(10-15(21)22)6-7-18(11-16(23)24)9-13-4-2-3-5-14(13)20/h2-5,20H,6-11H2,1H3,(H,21,22)(H,23,24). The zero-order valence-electron chi connectivity index (χ0n) is 13.5. The summed E-state index contributed by atoms with van der Waals surface area (Å²) in [5, 5.41) is 27.7. The van der Waals surface area contributed by atoms with Crippen molar-refractivity contribution in [2.24, 2.45) is 0 Å². The fourth-order valence-corrected chi connectivity index (χ4v) is 2.29. The van der Waals surface area contributed by atoms with Gasteiger partial charge in [-0.2, -0.15) is 0 Å². The van der Waals surface area contributed by atoms with Crippen LogP contribution < -0.4 is 0 Å². The summed E-state index contributed by atoms with van der Waals surface area (Å²) in [6, 6.07) is 6.61. The molecule has 0 aliphatic carbocycles. The first-order valence-corrected chi connectivity index (χ1v) is 7.42. The number of hydrogen-bond acceptors (Lipinski definition) is 6. The third-order valence-corrected chi connectivity index (χ3v) is 3.28. The van der Waals surface area contributed by atoms with Gasteiger partial charge in [0.2, 0.25) is 0 Å². The van der Waals surface area contributed by atoms with Crippen LogP contribution in [-0.2, 0) is 20.9 Å². The van der Waals surface area contributed by atoms with Crippen LogP contribution >= 0.6 is 0 Å². The number of ketones is 1. The van der Waals surface area contributed by atoms with Crippen LogP contribution in [0.3, 0.4) is 0 Å². The van der Waals surface area contributed by atoms with Gasteiger partial charge >= 0.3 is 11.9 Å². The summed E-state index contributed by atoms with van der Waals surface area (Å²) < 4.78 is 0. The molecule has 0 unspecified atom stereocenters. The van der Waals surface area contributed by atoms with Crippen LogP contribution in [0, 0.1) is 0 Å². The Bertz CT molecular complexity index is 574. The molecule has 1 aromatic carbocycles. The smallest absolute Gasteiger partial charge is 0.317 e. The molecule has 0 atom stereocenters. The minimum atomic E-state index is -1.05. The van der Waals surface area contributed by atoms with Gasteiger partial charge in [-0.25, -0.2) is 0 Å². The summed E-state index contributed by atoms with van der Waals surface area (Å²) in [5.41, 5.74) is 0.579. The molecular formula is C16H22N2O6. The molecule has 0 bridgehead atoms. The lowest BCUT2D eigenvalue weighted by atomic mass is 10.2. The number of benzene rings is 1. The summed E-state index contributed by atoms with van der Waals surface area (Å²) in [5.74, 6) is -2.18. The average Bonchev–Trinajstić information content (AvgIpc) is 2.45. The molecule has 0 spiro atoms. The lowest BCUT2D eigenvalue weighted by molar-refractivity contribution is -0.140. The summed E-state index contributed by atoms with van der Waals surface area (Å²) in [4.78, 5) is 36.1. The van der Waals surface area contributed by atoms with Crippen LogP contribution in [0.1, 0.15) is 12.5 Å². The van der Waals surface area contributed by atoms with E-state index in [9.17, 15) is 19.5 Å². The number of aliphatic carboxylic acids is 2. The second-order valence-corrected chi connectivity index (χ2v) is 5.54. The Morgan fingerprint density at radius 2 is 1.46 bits per heavy atom. The van der Waals surface area contributed by atoms with Crippen molar-refractivity contribution in [3.05, 3.63) is 29.8 Å². The van der Waals surface area contributed by atoms with E-state index in [1.165, 1.54) is 17.9 Å². The van der Waals surface area contributed by atoms with Crippen LogP contribution in [0.25, 0.3) is 0 Å². The lowest BCUT2D eigenvalue weighted by Gasteiger charge is -2.25. The largest absolute Gasteiger partial charge is 0.508 e. The van der Waals surface area contributed by atoms with E-state index in [1.807, 2.05) is 0 Å². The highest BCUT2D eigenvalue weighted by atomic mass is 16.4. The third kappa shape index (κ3) is 7.70. The van der Waals surface area contributed by atoms with Crippen LogP contribution in [0.2, 0.25) is 0 Å². The van der Waals surface area contributed by atoms with Gasteiger partial charge in [-0.1, -0.05) is 18.2 Å². The molecule has 0 fully saturated rings. The second kappa shape index (κ2) is 9.64. The number of para-hydroxylation sites is 1. The maximum Gasteiger partial charge on any atom is 0.317 e. The first-order valence-electron chi connectivity index (χ1n) is 7.42. The Hall–Kier alpha value is -2.45. The highest BCUT2D eigenvalue weighted by Crippen LogP contribution is 2.17. The van der Waals surface area contributed by atoms with Gasteiger partial charge in [0.05, 0.1) is 19.6 Å². The van der Waals surface area contributed by atoms with Gasteiger partial charge in [-0.05, 0) is 13.0 Å². The second-order valence-electron chi connectivity index (χ2n) is 5.54. The molecule has 132 valence electrons. The number of phenolic OH excluding ortho intramolecular Hbond substituents is 1. The van der Waals surface area contributed by atoms with E-state index in [1.54, 1.807) is 23.1 Å². The topological polar surface area (TPSA) is 118 Å². The quantitative estimate of drug-likeness (QED) is 0.526. The molecule has 0 aliphatic heterocycles. The number of carboxylic acids is 2. The highest BCUT2D eigenvalue weighted by molar-refractivity contribution is 5.78. The molecule has 8 nitrogen and oxygen atoms in total. The van der Waals surface area contributed by atoms with Crippen LogP contribution in [0.5, 0.6) is 5.75 Å². The molecule has 0 saturated heterocycles. The number of nitrogens with zero attached hydrogens (tertiary/aromatic N) is 2. The van der Waals surface area contributed by atoms with Crippen molar-refractivity contribution in [2.75, 3.05) is 32.7 Å². The van der Waals surface area contributed by atoms with Gasteiger partial charge < -0.3 is 15.3 Å². The fraction of sp³-hybridized carbons (Fsp3) is 0.438. The Morgan fingerprint density at radius 1 is 0.917 bits per heavy atom. The molecule has 24 heavy (non-hydrogen) atoms. The number of hydrogen-bond donors (Lipinski definition) is 3. The molecule has 0 aliphatic rings. The Kier molecular flexibility index (Phi) is 7.87. The van der Waals surface area contributed by atoms with E-state index in [4.69, 9.17) is 10.2 Å². The van der Waals surface area contributed by atoms with Crippen molar-refractivity contribution < 1.29 is 29.7 Å². The molecule has 0 heterocycles. The van der Waals surface area contributed by atoms with Gasteiger partial charge in [-0.15, -0.1) is 0 Å². The molecule has 0 aromatic heterocycles. The van der Waals surface area contributed by atoms with Crippen LogP contribution in [0.4, 0.5) is 0 Å². The molecule has 0 amide bonds. The Morgan fingerprint density at radius 3 is 2.00 bits per heavy atom. The lowest BCUT2D eigenvalue weighted by Crippen LogP contribution is -2.41. The Labute approximate surface area is 139 Å². The Balaban J connectivity index is 2.73. The van der Waals surface area contributed by atoms with Crippen molar-refractivity contribution in [1.82, 2.24) is 9.80 Å². The van der Waals surface area contributed by atoms with Crippen molar-refractivity contribution in [1.29, 1.82) is 0 Å². The van der Waals surface area contributed by atoms with Crippen molar-refractivity contribution in [2.45, 2.75) is 13.5 Å². The summed E-state index contributed by atoms with van der Waals surface area (Å²) in [7, 11) is 0. The monoisotopic (exact) mass is 338 g/mol. The minimum Gasteiger partial charge on any atom is -0.508 e. The number of aromatic hydroxyl groups is 1. The zero-order chi connectivity index (χ0) is 18.1. The number of carboxylic acid groups (broad SMARTS) is 2. The predicted octanol–water partition coefficient (Wildman–Crippen LogP) is 0.254. The van der Waals surface area contributed by atoms with E-state index in [0.717, 1.165) is 0 Å². The molecular weight excluding hydrogens is 316 g/mol. The third-order valence-electron chi connectivity index (χ3n) is 3.28. The van der Waals surface area contributed by atoms with E-state index >= 15 is 0 Å². The number of carbonyl (C=O) groups excluding carboxylic acids is 1. The van der Waals surface area contributed by atoms with Gasteiger partial charge in [0, 0.05) is 25.2 Å². The summed E-state index contributed by atoms with van der Waals surface area (Å²) >= 11 is 0. The van der Waals surface area contributed by atoms with Crippen LogP contribution in [0.15, 0.2) is 24.3 Å². The minimum absolute atomic E-state index is 0.0101. The normalized spacial score (nSPS) is 11.0. The predicted molar refractivity (Wildman–Crippen MR) is 85.8 cm³/mol. The highest BCUT2D eigenvalue weighted by Gasteiger charge is 2.16. The summed E-state index contributed by atoms with van der Waals surface area (Å²) in [6.45, 7) is 1.50. The van der Waals surface area contributed by atoms with E-state index < -0.39 is 11.9 Å². The molecule has 0 radical (unpaired) electrons. The molecule has 8 heteroatoms. The first kappa shape index (κ1) is 19.6. The van der Waals surface area contributed by atoms with Gasteiger partial charge in [-0.3, -0.25) is 24.2 Å². The van der Waals surface area contributed by atoms with E-state index in [0.29, 0.717) is 5.56 Å². The van der Waals surface area contributed by atoms with Gasteiger partial charge in [0.15, 0.2) is 0 Å². The van der Waals surface area contributed by atoms with Crippen LogP contribution in [-0.4, -0.2) is 75.6 Å². The SMILES string of the molecule is CC(=O)CN(CCN(CC(=O)O)Cc1ccccc1O)CC(=O)O. The number of carbonyl (C=O) groups is 3. The first-order chi connectivity index (χ1) is 11.3. The van der Waals surface area contributed by atoms with E-state index in [-0.39, 0.29) is 50.8 Å². The van der Waals surface area contributed by atoms with Crippen molar-refractivity contribution >= 4 is 17.7 Å². The number of phenols is 1.